The zero-order chi connectivity index (χ0) is 15.2. The number of anilines is 2. The number of rotatable bonds is 6. The van der Waals surface area contributed by atoms with Crippen molar-refractivity contribution < 1.29 is 9.90 Å². The number of carbonyl (C=O) groups excluding carboxylic acids is 1. The summed E-state index contributed by atoms with van der Waals surface area (Å²) in [6.07, 6.45) is 1.32. The third-order valence-corrected chi connectivity index (χ3v) is 4.67. The number of nitrogens with zero attached hydrogens (tertiary/aromatic N) is 2. The Morgan fingerprint density at radius 1 is 1.57 bits per heavy atom. The Bertz CT molecular complexity index is 473. The predicted molar refractivity (Wildman–Crippen MR) is 84.9 cm³/mol. The molecule has 7 nitrogen and oxygen atoms in total. The van der Waals surface area contributed by atoms with E-state index in [1.165, 1.54) is 11.3 Å². The first-order chi connectivity index (χ1) is 10.2. The van der Waals surface area contributed by atoms with Crippen LogP contribution in [0.15, 0.2) is 0 Å². The largest absolute Gasteiger partial charge is 0.396 e. The van der Waals surface area contributed by atoms with Crippen LogP contribution in [0.25, 0.3) is 0 Å². The van der Waals surface area contributed by atoms with Crippen LogP contribution < -0.4 is 21.3 Å². The molecule has 1 unspecified atom stereocenters. The molecule has 0 bridgehead atoms. The van der Waals surface area contributed by atoms with Gasteiger partial charge in [0.1, 0.15) is 10.7 Å². The molecule has 118 valence electrons. The van der Waals surface area contributed by atoms with Crippen LogP contribution >= 0.6 is 11.3 Å². The van der Waals surface area contributed by atoms with Crippen molar-refractivity contribution in [1.82, 2.24) is 15.6 Å². The molecular formula is C13H23N5O2S. The van der Waals surface area contributed by atoms with E-state index in [4.69, 9.17) is 10.8 Å². The molecule has 0 spiro atoms. The minimum atomic E-state index is -0.202. The highest BCUT2D eigenvalue weighted by molar-refractivity contribution is 7.18. The minimum Gasteiger partial charge on any atom is -0.396 e. The molecule has 1 aromatic rings. The van der Waals surface area contributed by atoms with Crippen molar-refractivity contribution in [3.05, 3.63) is 4.88 Å². The third-order valence-electron chi connectivity index (χ3n) is 3.54. The minimum absolute atomic E-state index is 0.0355. The lowest BCUT2D eigenvalue weighted by Gasteiger charge is -2.26. The Morgan fingerprint density at radius 3 is 2.90 bits per heavy atom. The molecular weight excluding hydrogens is 290 g/mol. The molecule has 0 radical (unpaired) electrons. The zero-order valence-electron chi connectivity index (χ0n) is 12.3. The van der Waals surface area contributed by atoms with Crippen LogP contribution in [-0.2, 0) is 0 Å². The highest BCUT2D eigenvalue weighted by atomic mass is 32.1. The van der Waals surface area contributed by atoms with Crippen molar-refractivity contribution in [2.45, 2.75) is 25.8 Å². The molecule has 21 heavy (non-hydrogen) atoms. The molecule has 1 amide bonds. The number of nitrogens with one attached hydrogen (secondary N) is 2. The smallest absolute Gasteiger partial charge is 0.265 e. The van der Waals surface area contributed by atoms with Gasteiger partial charge in [-0.15, -0.1) is 0 Å². The lowest BCUT2D eigenvalue weighted by atomic mass is 10.1. The number of aliphatic hydroxyl groups excluding tert-OH is 1. The van der Waals surface area contributed by atoms with Crippen LogP contribution in [0.3, 0.4) is 0 Å². The standard InChI is InChI=1S/C13H23N5O2S/c1-2-9(3-8-19)16-12(20)10-11(14)17-13(21-10)18-6-4-15-5-7-18/h9,15,19H,2-8,14H2,1H3,(H,16,20). The number of aromatic nitrogens is 1. The average molecular weight is 313 g/mol. The summed E-state index contributed by atoms with van der Waals surface area (Å²) in [6, 6.07) is -0.0355. The Balaban J connectivity index is 2.05. The first-order valence-electron chi connectivity index (χ1n) is 7.29. The molecule has 1 aliphatic rings. The first kappa shape index (κ1) is 16.0. The van der Waals surface area contributed by atoms with Crippen LogP contribution in [0.1, 0.15) is 29.4 Å². The molecule has 0 aliphatic carbocycles. The van der Waals surface area contributed by atoms with Gasteiger partial charge in [0.15, 0.2) is 5.13 Å². The molecule has 5 N–H and O–H groups in total. The third kappa shape index (κ3) is 4.05. The molecule has 2 rings (SSSR count). The van der Waals surface area contributed by atoms with Crippen LogP contribution in [0.5, 0.6) is 0 Å². The predicted octanol–water partition coefficient (Wildman–Crippen LogP) is 0.0257. The fourth-order valence-corrected chi connectivity index (χ4v) is 3.20. The Kier molecular flexibility index (Phi) is 5.77. The van der Waals surface area contributed by atoms with E-state index in [9.17, 15) is 4.79 Å². The van der Waals surface area contributed by atoms with Gasteiger partial charge in [-0.3, -0.25) is 4.79 Å². The molecule has 2 heterocycles. The van der Waals surface area contributed by atoms with Gasteiger partial charge in [0.05, 0.1) is 0 Å². The van der Waals surface area contributed by atoms with E-state index in [0.29, 0.717) is 11.3 Å². The van der Waals surface area contributed by atoms with Crippen molar-refractivity contribution in [2.24, 2.45) is 0 Å². The number of piperazine rings is 1. The Labute approximate surface area is 128 Å². The second-order valence-electron chi connectivity index (χ2n) is 5.04. The van der Waals surface area contributed by atoms with Gasteiger partial charge >= 0.3 is 0 Å². The fraction of sp³-hybridized carbons (Fsp3) is 0.692. The SMILES string of the molecule is CCC(CCO)NC(=O)c1sc(N2CCNCC2)nc1N. The summed E-state index contributed by atoms with van der Waals surface area (Å²) in [6.45, 7) is 5.60. The molecule has 1 fully saturated rings. The van der Waals surface area contributed by atoms with E-state index in [0.717, 1.165) is 37.7 Å². The molecule has 1 aromatic heterocycles. The van der Waals surface area contributed by atoms with Crippen LogP contribution in [0, 0.1) is 0 Å². The number of nitrogens with two attached hydrogens (primary N) is 1. The molecule has 0 aromatic carbocycles. The maximum atomic E-state index is 12.3. The molecule has 1 atom stereocenters. The molecule has 8 heteroatoms. The topological polar surface area (TPSA) is 104 Å². The van der Waals surface area contributed by atoms with Crippen molar-refractivity contribution in [1.29, 1.82) is 0 Å². The van der Waals surface area contributed by atoms with Crippen molar-refractivity contribution in [3.63, 3.8) is 0 Å². The number of hydrogen-bond donors (Lipinski definition) is 4. The maximum Gasteiger partial charge on any atom is 0.265 e. The highest BCUT2D eigenvalue weighted by Crippen LogP contribution is 2.28. The van der Waals surface area contributed by atoms with Gasteiger partial charge in [0.25, 0.3) is 5.91 Å². The van der Waals surface area contributed by atoms with E-state index in [-0.39, 0.29) is 24.4 Å². The summed E-state index contributed by atoms with van der Waals surface area (Å²) in [7, 11) is 0. The lowest BCUT2D eigenvalue weighted by molar-refractivity contribution is 0.0934. The molecule has 0 saturated carbocycles. The number of amides is 1. The number of nitrogen functional groups attached to an aromatic ring is 1. The van der Waals surface area contributed by atoms with Crippen molar-refractivity contribution in [2.75, 3.05) is 43.4 Å². The number of hydrogen-bond acceptors (Lipinski definition) is 7. The summed E-state index contributed by atoms with van der Waals surface area (Å²) in [5.74, 6) is 0.0802. The summed E-state index contributed by atoms with van der Waals surface area (Å²) >= 11 is 1.33. The quantitative estimate of drug-likeness (QED) is 0.591. The second-order valence-corrected chi connectivity index (χ2v) is 6.02. The van der Waals surface area contributed by atoms with Crippen LogP contribution in [0.4, 0.5) is 10.9 Å². The zero-order valence-corrected chi connectivity index (χ0v) is 13.1. The molecule has 1 aliphatic heterocycles. The number of carbonyl (C=O) groups is 1. The second kappa shape index (κ2) is 7.58. The number of thiazole rings is 1. The van der Waals surface area contributed by atoms with Gasteiger partial charge in [0, 0.05) is 38.8 Å². The van der Waals surface area contributed by atoms with Gasteiger partial charge in [-0.1, -0.05) is 18.3 Å². The van der Waals surface area contributed by atoms with Gasteiger partial charge < -0.3 is 26.4 Å². The average Bonchev–Trinajstić information content (AvgIpc) is 2.89. The summed E-state index contributed by atoms with van der Waals surface area (Å²) in [4.78, 5) is 19.2. The highest BCUT2D eigenvalue weighted by Gasteiger charge is 2.22. The normalized spacial score (nSPS) is 16.8. The van der Waals surface area contributed by atoms with Gasteiger partial charge in [-0.25, -0.2) is 4.98 Å². The maximum absolute atomic E-state index is 12.3. The monoisotopic (exact) mass is 313 g/mol. The Morgan fingerprint density at radius 2 is 2.29 bits per heavy atom. The first-order valence-corrected chi connectivity index (χ1v) is 8.11. The summed E-state index contributed by atoms with van der Waals surface area (Å²) in [5, 5.41) is 16.0. The van der Waals surface area contributed by atoms with Gasteiger partial charge in [-0.2, -0.15) is 0 Å². The van der Waals surface area contributed by atoms with Crippen LogP contribution in [-0.4, -0.2) is 54.8 Å². The van der Waals surface area contributed by atoms with Crippen LogP contribution in [0.2, 0.25) is 0 Å². The fourth-order valence-electron chi connectivity index (χ4n) is 2.26. The van der Waals surface area contributed by atoms with E-state index < -0.39 is 0 Å². The summed E-state index contributed by atoms with van der Waals surface area (Å²) < 4.78 is 0. The molecule has 1 saturated heterocycles. The van der Waals surface area contributed by atoms with E-state index in [1.807, 2.05) is 6.92 Å². The van der Waals surface area contributed by atoms with Gasteiger partial charge in [0.2, 0.25) is 0 Å². The van der Waals surface area contributed by atoms with Crippen molar-refractivity contribution >= 4 is 28.2 Å². The van der Waals surface area contributed by atoms with E-state index >= 15 is 0 Å². The summed E-state index contributed by atoms with van der Waals surface area (Å²) in [5.41, 5.74) is 5.89. The number of aliphatic hydroxyl groups is 1. The van der Waals surface area contributed by atoms with E-state index in [2.05, 4.69) is 20.5 Å². The Hall–Kier alpha value is -1.38. The lowest BCUT2D eigenvalue weighted by Crippen LogP contribution is -2.43. The van der Waals surface area contributed by atoms with Gasteiger partial charge in [-0.05, 0) is 12.8 Å². The van der Waals surface area contributed by atoms with E-state index in [1.54, 1.807) is 0 Å². The van der Waals surface area contributed by atoms with Crippen molar-refractivity contribution in [3.8, 4) is 0 Å².